The molecule has 0 bridgehead atoms. The van der Waals surface area contributed by atoms with E-state index in [0.29, 0.717) is 0 Å². The molecule has 0 atom stereocenters. The van der Waals surface area contributed by atoms with E-state index in [4.69, 9.17) is 0 Å². The fourth-order valence-electron chi connectivity index (χ4n) is 3.13. The van der Waals surface area contributed by atoms with Crippen molar-refractivity contribution in [3.05, 3.63) is 0 Å². The van der Waals surface area contributed by atoms with Gasteiger partial charge in [-0.3, -0.25) is 0 Å². The monoisotopic (exact) mass is 320 g/mol. The molecule has 136 valence electrons. The van der Waals surface area contributed by atoms with E-state index in [2.05, 4.69) is 41.5 Å². The van der Waals surface area contributed by atoms with Crippen molar-refractivity contribution in [3.8, 4) is 0 Å². The van der Waals surface area contributed by atoms with Gasteiger partial charge < -0.3 is 0 Å². The Morgan fingerprint density at radius 1 is 0.565 bits per heavy atom. The SMILES string of the molecule is CC1(C)CC1.CC1(C)CCC1.CC1(C2CC2)CC1.CC1CCC1. The molecule has 5 saturated carbocycles. The second kappa shape index (κ2) is 7.49. The molecule has 0 aromatic heterocycles. The fourth-order valence-corrected chi connectivity index (χ4v) is 3.13. The Bertz CT molecular complexity index is 338. The van der Waals surface area contributed by atoms with Crippen LogP contribution in [-0.4, -0.2) is 0 Å². The van der Waals surface area contributed by atoms with Gasteiger partial charge in [-0.2, -0.15) is 0 Å². The van der Waals surface area contributed by atoms with Crippen LogP contribution in [-0.2, 0) is 0 Å². The summed E-state index contributed by atoms with van der Waals surface area (Å²) in [5, 5.41) is 0. The van der Waals surface area contributed by atoms with Crippen LogP contribution in [0.3, 0.4) is 0 Å². The van der Waals surface area contributed by atoms with E-state index in [0.717, 1.165) is 28.1 Å². The molecular formula is C23H44. The first-order valence-electron chi connectivity index (χ1n) is 10.6. The summed E-state index contributed by atoms with van der Waals surface area (Å²) in [6.07, 6.45) is 17.9. The Labute approximate surface area is 147 Å². The summed E-state index contributed by atoms with van der Waals surface area (Å²) in [7, 11) is 0. The van der Waals surface area contributed by atoms with E-state index in [9.17, 15) is 0 Å². The lowest BCUT2D eigenvalue weighted by molar-refractivity contribution is 0.190. The number of hydrogen-bond acceptors (Lipinski definition) is 0. The van der Waals surface area contributed by atoms with Crippen LogP contribution in [0.5, 0.6) is 0 Å². The Morgan fingerprint density at radius 2 is 0.913 bits per heavy atom. The maximum absolute atomic E-state index is 2.44. The van der Waals surface area contributed by atoms with Crippen LogP contribution in [0.4, 0.5) is 0 Å². The lowest BCUT2D eigenvalue weighted by Crippen LogP contribution is -2.20. The molecule has 0 amide bonds. The summed E-state index contributed by atoms with van der Waals surface area (Å²) in [6.45, 7) is 14.0. The van der Waals surface area contributed by atoms with Gasteiger partial charge in [0.25, 0.3) is 0 Å². The Balaban J connectivity index is 0.000000113. The average molecular weight is 321 g/mol. The van der Waals surface area contributed by atoms with Crippen LogP contribution in [0, 0.1) is 28.1 Å². The Hall–Kier alpha value is 0. The van der Waals surface area contributed by atoms with Crippen LogP contribution in [0.1, 0.15) is 119 Å². The molecule has 0 unspecified atom stereocenters. The van der Waals surface area contributed by atoms with Gasteiger partial charge in [0, 0.05) is 0 Å². The minimum Gasteiger partial charge on any atom is -0.0625 e. The highest BCUT2D eigenvalue weighted by molar-refractivity contribution is 5.00. The van der Waals surface area contributed by atoms with Crippen LogP contribution in [0.2, 0.25) is 0 Å². The fraction of sp³-hybridized carbons (Fsp3) is 1.00. The highest BCUT2D eigenvalue weighted by atomic mass is 14.5. The zero-order chi connectivity index (χ0) is 17.1. The second-order valence-corrected chi connectivity index (χ2v) is 11.1. The molecule has 0 spiro atoms. The number of rotatable bonds is 1. The van der Waals surface area contributed by atoms with Crippen molar-refractivity contribution >= 4 is 0 Å². The molecule has 5 rings (SSSR count). The zero-order valence-electron chi connectivity index (χ0n) is 17.1. The third-order valence-electron chi connectivity index (χ3n) is 6.95. The van der Waals surface area contributed by atoms with Crippen LogP contribution >= 0.6 is 0 Å². The maximum atomic E-state index is 2.44. The van der Waals surface area contributed by atoms with Gasteiger partial charge in [0.2, 0.25) is 0 Å². The van der Waals surface area contributed by atoms with E-state index in [-0.39, 0.29) is 0 Å². The van der Waals surface area contributed by atoms with Gasteiger partial charge in [-0.1, -0.05) is 67.2 Å². The summed E-state index contributed by atoms with van der Waals surface area (Å²) in [5.41, 5.74) is 2.33. The summed E-state index contributed by atoms with van der Waals surface area (Å²) < 4.78 is 0. The molecule has 23 heavy (non-hydrogen) atoms. The summed E-state index contributed by atoms with van der Waals surface area (Å²) in [5.74, 6) is 2.22. The average Bonchev–Trinajstić information content (AvgIpc) is 3.23. The van der Waals surface area contributed by atoms with Crippen molar-refractivity contribution in [1.29, 1.82) is 0 Å². The van der Waals surface area contributed by atoms with Gasteiger partial charge in [0.05, 0.1) is 0 Å². The number of hydrogen-bond donors (Lipinski definition) is 0. The molecular weight excluding hydrogens is 276 g/mol. The van der Waals surface area contributed by atoms with Crippen molar-refractivity contribution in [2.75, 3.05) is 0 Å². The van der Waals surface area contributed by atoms with Gasteiger partial charge >= 0.3 is 0 Å². The van der Waals surface area contributed by atoms with Gasteiger partial charge in [-0.05, 0) is 79.4 Å². The largest absolute Gasteiger partial charge is 0.0625 e. The predicted octanol–water partition coefficient (Wildman–Crippen LogP) is 8.01. The third-order valence-corrected chi connectivity index (χ3v) is 6.95. The standard InChI is InChI=1S/C7H12.C6H12.2C5H10/c1-7(4-5-7)6-2-3-6;1-6(2)4-3-5-6;1-5(2)3-4-5;1-5-3-2-4-5/h6H,2-5H2,1H3;3-5H2,1-2H3;3-4H2,1-2H3;5H,2-4H2,1H3. The molecule has 5 aliphatic rings. The third kappa shape index (κ3) is 8.08. The summed E-state index contributed by atoms with van der Waals surface area (Å²) >= 11 is 0. The van der Waals surface area contributed by atoms with Gasteiger partial charge in [0.15, 0.2) is 0 Å². The van der Waals surface area contributed by atoms with Gasteiger partial charge in [-0.15, -0.1) is 0 Å². The first-order chi connectivity index (χ1) is 10.6. The normalized spacial score (nSPS) is 30.5. The van der Waals surface area contributed by atoms with Crippen molar-refractivity contribution in [2.45, 2.75) is 119 Å². The van der Waals surface area contributed by atoms with E-state index in [1.165, 1.54) is 77.0 Å². The molecule has 0 aliphatic heterocycles. The summed E-state index contributed by atoms with van der Waals surface area (Å²) in [6, 6.07) is 0. The van der Waals surface area contributed by atoms with Crippen LogP contribution in [0.15, 0.2) is 0 Å². The molecule has 0 heterocycles. The molecule has 5 fully saturated rings. The molecule has 0 N–H and O–H groups in total. The van der Waals surface area contributed by atoms with Gasteiger partial charge in [-0.25, -0.2) is 0 Å². The van der Waals surface area contributed by atoms with Gasteiger partial charge in [0.1, 0.15) is 0 Å². The molecule has 0 saturated heterocycles. The molecule has 0 aromatic rings. The predicted molar refractivity (Wildman–Crippen MR) is 104 cm³/mol. The lowest BCUT2D eigenvalue weighted by atomic mass is 9.72. The minimum atomic E-state index is 0.722. The van der Waals surface area contributed by atoms with Crippen molar-refractivity contribution in [2.24, 2.45) is 28.1 Å². The molecule has 0 heteroatoms. The first kappa shape index (κ1) is 19.3. The van der Waals surface area contributed by atoms with E-state index < -0.39 is 0 Å². The second-order valence-electron chi connectivity index (χ2n) is 11.1. The van der Waals surface area contributed by atoms with E-state index in [1.807, 2.05) is 0 Å². The van der Waals surface area contributed by atoms with Crippen molar-refractivity contribution < 1.29 is 0 Å². The first-order valence-corrected chi connectivity index (χ1v) is 10.6. The zero-order valence-corrected chi connectivity index (χ0v) is 17.1. The maximum Gasteiger partial charge on any atom is -0.0297 e. The van der Waals surface area contributed by atoms with Crippen molar-refractivity contribution in [1.82, 2.24) is 0 Å². The highest BCUT2D eigenvalue weighted by Crippen LogP contribution is 2.60. The van der Waals surface area contributed by atoms with Crippen LogP contribution < -0.4 is 0 Å². The summed E-state index contributed by atoms with van der Waals surface area (Å²) in [4.78, 5) is 0. The lowest BCUT2D eigenvalue weighted by Gasteiger charge is -2.33. The molecule has 0 radical (unpaired) electrons. The molecule has 5 aliphatic carbocycles. The Kier molecular flexibility index (Phi) is 6.29. The highest BCUT2D eigenvalue weighted by Gasteiger charge is 2.49. The quantitative estimate of drug-likeness (QED) is 0.459. The smallest absolute Gasteiger partial charge is 0.0297 e. The van der Waals surface area contributed by atoms with E-state index in [1.54, 1.807) is 0 Å². The van der Waals surface area contributed by atoms with Crippen LogP contribution in [0.25, 0.3) is 0 Å². The minimum absolute atomic E-state index is 0.722. The molecule has 0 aromatic carbocycles. The molecule has 0 nitrogen and oxygen atoms in total. The Morgan fingerprint density at radius 3 is 0.957 bits per heavy atom. The van der Waals surface area contributed by atoms with Crippen molar-refractivity contribution in [3.63, 3.8) is 0 Å². The topological polar surface area (TPSA) is 0 Å². The van der Waals surface area contributed by atoms with E-state index >= 15 is 0 Å².